The van der Waals surface area contributed by atoms with Gasteiger partial charge in [0.1, 0.15) is 0 Å². The van der Waals surface area contributed by atoms with E-state index in [1.54, 1.807) is 0 Å². The van der Waals surface area contributed by atoms with Crippen molar-refractivity contribution < 1.29 is 4.79 Å². The highest BCUT2D eigenvalue weighted by atomic mass is 35.5. The third-order valence-electron chi connectivity index (χ3n) is 3.86. The number of carbonyl (C=O) groups excluding carboxylic acids is 1. The number of benzene rings is 2. The average Bonchev–Trinajstić information content (AvgIpc) is 2.50. The van der Waals surface area contributed by atoms with E-state index in [-0.39, 0.29) is 11.9 Å². The van der Waals surface area contributed by atoms with Crippen molar-refractivity contribution in [3.8, 4) is 0 Å². The molecule has 0 fully saturated rings. The van der Waals surface area contributed by atoms with E-state index < -0.39 is 0 Å². The summed E-state index contributed by atoms with van der Waals surface area (Å²) in [6, 6.07) is 15.7. The van der Waals surface area contributed by atoms with Gasteiger partial charge in [0.15, 0.2) is 0 Å². The maximum atomic E-state index is 12.2. The summed E-state index contributed by atoms with van der Waals surface area (Å²) in [4.78, 5) is 14.2. The number of carbonyl (C=O) groups is 1. The number of nitrogens with one attached hydrogen (secondary N) is 1. The van der Waals surface area contributed by atoms with Crippen LogP contribution in [0.2, 0.25) is 5.02 Å². The third-order valence-corrected chi connectivity index (χ3v) is 4.11. The number of rotatable bonds is 6. The first-order chi connectivity index (χ1) is 11.0. The molecule has 2 aromatic carbocycles. The van der Waals surface area contributed by atoms with E-state index in [0.29, 0.717) is 11.6 Å². The Labute approximate surface area is 143 Å². The van der Waals surface area contributed by atoms with Gasteiger partial charge in [0, 0.05) is 11.6 Å². The number of halogens is 1. The smallest absolute Gasteiger partial charge is 0.234 e. The lowest BCUT2D eigenvalue weighted by molar-refractivity contribution is -0.122. The second-order valence-electron chi connectivity index (χ2n) is 5.94. The minimum absolute atomic E-state index is 0.0172. The zero-order chi connectivity index (χ0) is 16.8. The number of hydrogen-bond donors (Lipinski definition) is 1. The van der Waals surface area contributed by atoms with Crippen molar-refractivity contribution in [3.63, 3.8) is 0 Å². The van der Waals surface area contributed by atoms with Crippen LogP contribution in [0, 0.1) is 6.92 Å². The van der Waals surface area contributed by atoms with E-state index in [9.17, 15) is 4.79 Å². The summed E-state index contributed by atoms with van der Waals surface area (Å²) < 4.78 is 0. The molecule has 1 amide bonds. The lowest BCUT2D eigenvalue weighted by Gasteiger charge is -2.20. The molecular formula is C19H23ClN2O. The SMILES string of the molecule is Cc1ccccc1CN(C)CC(=O)N[C@@H](C)c1ccc(Cl)cc1. The standard InChI is InChI=1S/C19H23ClN2O/c1-14-6-4-5-7-17(14)12-22(3)13-19(23)21-15(2)16-8-10-18(20)11-9-16/h4-11,15H,12-13H2,1-3H3,(H,21,23)/t15-/m0/s1. The molecule has 0 radical (unpaired) electrons. The van der Waals surface area contributed by atoms with Gasteiger partial charge in [0.25, 0.3) is 0 Å². The Morgan fingerprint density at radius 2 is 1.83 bits per heavy atom. The first kappa shape index (κ1) is 17.5. The Morgan fingerprint density at radius 1 is 1.17 bits per heavy atom. The van der Waals surface area contributed by atoms with Crippen LogP contribution in [0.5, 0.6) is 0 Å². The molecule has 2 aromatic rings. The fourth-order valence-electron chi connectivity index (χ4n) is 2.50. The quantitative estimate of drug-likeness (QED) is 0.869. The van der Waals surface area contributed by atoms with Crippen LogP contribution in [0.15, 0.2) is 48.5 Å². The molecule has 0 aliphatic heterocycles. The highest BCUT2D eigenvalue weighted by molar-refractivity contribution is 6.30. The fraction of sp³-hybridized carbons (Fsp3) is 0.316. The van der Waals surface area contributed by atoms with Gasteiger partial charge in [-0.3, -0.25) is 9.69 Å². The van der Waals surface area contributed by atoms with Crippen molar-refractivity contribution in [2.75, 3.05) is 13.6 Å². The first-order valence-electron chi connectivity index (χ1n) is 7.73. The number of amides is 1. The van der Waals surface area contributed by atoms with Crippen LogP contribution >= 0.6 is 11.6 Å². The van der Waals surface area contributed by atoms with Crippen LogP contribution in [0.25, 0.3) is 0 Å². The molecule has 0 aromatic heterocycles. The summed E-state index contributed by atoms with van der Waals surface area (Å²) in [5.74, 6) is 0.0172. The van der Waals surface area contributed by atoms with Gasteiger partial charge < -0.3 is 5.32 Å². The molecular weight excluding hydrogens is 308 g/mol. The minimum Gasteiger partial charge on any atom is -0.348 e. The molecule has 3 nitrogen and oxygen atoms in total. The Morgan fingerprint density at radius 3 is 2.48 bits per heavy atom. The molecule has 23 heavy (non-hydrogen) atoms. The van der Waals surface area contributed by atoms with Crippen LogP contribution in [0.3, 0.4) is 0 Å². The molecule has 0 bridgehead atoms. The topological polar surface area (TPSA) is 32.3 Å². The van der Waals surface area contributed by atoms with Crippen LogP contribution in [0.4, 0.5) is 0 Å². The molecule has 122 valence electrons. The predicted octanol–water partition coefficient (Wildman–Crippen LogP) is 3.96. The van der Waals surface area contributed by atoms with Crippen LogP contribution in [-0.4, -0.2) is 24.4 Å². The minimum atomic E-state index is -0.0355. The number of aryl methyl sites for hydroxylation is 1. The maximum absolute atomic E-state index is 12.2. The Kier molecular flexibility index (Phi) is 6.20. The average molecular weight is 331 g/mol. The van der Waals surface area contributed by atoms with Crippen molar-refractivity contribution in [3.05, 3.63) is 70.2 Å². The normalized spacial score (nSPS) is 12.2. The lowest BCUT2D eigenvalue weighted by atomic mass is 10.1. The fourth-order valence-corrected chi connectivity index (χ4v) is 2.63. The highest BCUT2D eigenvalue weighted by Crippen LogP contribution is 2.16. The van der Waals surface area contributed by atoms with Gasteiger partial charge in [0.2, 0.25) is 5.91 Å². The van der Waals surface area contributed by atoms with Gasteiger partial charge in [-0.15, -0.1) is 0 Å². The van der Waals surface area contributed by atoms with Crippen molar-refractivity contribution >= 4 is 17.5 Å². The maximum Gasteiger partial charge on any atom is 0.234 e. The second-order valence-corrected chi connectivity index (χ2v) is 6.38. The van der Waals surface area contributed by atoms with Gasteiger partial charge in [-0.25, -0.2) is 0 Å². The molecule has 0 unspecified atom stereocenters. The molecule has 0 spiro atoms. The summed E-state index contributed by atoms with van der Waals surface area (Å²) in [6.07, 6.45) is 0. The highest BCUT2D eigenvalue weighted by Gasteiger charge is 2.12. The van der Waals surface area contributed by atoms with E-state index in [0.717, 1.165) is 12.1 Å². The molecule has 4 heteroatoms. The van der Waals surface area contributed by atoms with Crippen molar-refractivity contribution in [2.24, 2.45) is 0 Å². The lowest BCUT2D eigenvalue weighted by Crippen LogP contribution is -2.36. The summed E-state index contributed by atoms with van der Waals surface area (Å²) >= 11 is 5.89. The third kappa shape index (κ3) is 5.38. The van der Waals surface area contributed by atoms with Gasteiger partial charge in [-0.2, -0.15) is 0 Å². The van der Waals surface area contributed by atoms with Gasteiger partial charge in [0.05, 0.1) is 12.6 Å². The van der Waals surface area contributed by atoms with Crippen molar-refractivity contribution in [1.82, 2.24) is 10.2 Å². The van der Waals surface area contributed by atoms with E-state index in [4.69, 9.17) is 11.6 Å². The van der Waals surface area contributed by atoms with E-state index in [2.05, 4.69) is 24.4 Å². The second kappa shape index (κ2) is 8.14. The summed E-state index contributed by atoms with van der Waals surface area (Å²) in [6.45, 7) is 5.19. The molecule has 0 heterocycles. The van der Waals surface area contributed by atoms with Crippen molar-refractivity contribution in [2.45, 2.75) is 26.4 Å². The molecule has 0 saturated carbocycles. The number of likely N-dealkylation sites (N-methyl/N-ethyl adjacent to an activating group) is 1. The molecule has 1 atom stereocenters. The number of hydrogen-bond acceptors (Lipinski definition) is 2. The molecule has 0 saturated heterocycles. The van der Waals surface area contributed by atoms with Crippen LogP contribution < -0.4 is 5.32 Å². The molecule has 2 rings (SSSR count). The zero-order valence-corrected chi connectivity index (χ0v) is 14.6. The zero-order valence-electron chi connectivity index (χ0n) is 13.8. The van der Waals surface area contributed by atoms with E-state index in [1.165, 1.54) is 11.1 Å². The molecule has 0 aliphatic carbocycles. The summed E-state index contributed by atoms with van der Waals surface area (Å²) in [5, 5.41) is 3.72. The van der Waals surface area contributed by atoms with Gasteiger partial charge in [-0.05, 0) is 49.7 Å². The monoisotopic (exact) mass is 330 g/mol. The van der Waals surface area contributed by atoms with Crippen LogP contribution in [-0.2, 0) is 11.3 Å². The summed E-state index contributed by atoms with van der Waals surface area (Å²) in [7, 11) is 1.96. The molecule has 1 N–H and O–H groups in total. The Hall–Kier alpha value is -1.84. The van der Waals surface area contributed by atoms with E-state index >= 15 is 0 Å². The Balaban J connectivity index is 1.86. The number of nitrogens with zero attached hydrogens (tertiary/aromatic N) is 1. The van der Waals surface area contributed by atoms with Crippen LogP contribution in [0.1, 0.15) is 29.7 Å². The van der Waals surface area contributed by atoms with Gasteiger partial charge >= 0.3 is 0 Å². The van der Waals surface area contributed by atoms with Gasteiger partial charge in [-0.1, -0.05) is 48.0 Å². The summed E-state index contributed by atoms with van der Waals surface area (Å²) in [5.41, 5.74) is 3.53. The Bertz CT molecular complexity index is 655. The van der Waals surface area contributed by atoms with E-state index in [1.807, 2.05) is 55.3 Å². The molecule has 0 aliphatic rings. The first-order valence-corrected chi connectivity index (χ1v) is 8.11. The largest absolute Gasteiger partial charge is 0.348 e. The predicted molar refractivity (Wildman–Crippen MR) is 95.5 cm³/mol. The van der Waals surface area contributed by atoms with Crippen molar-refractivity contribution in [1.29, 1.82) is 0 Å².